The van der Waals surface area contributed by atoms with Crippen molar-refractivity contribution in [1.29, 1.82) is 0 Å². The van der Waals surface area contributed by atoms with Crippen LogP contribution in [0.2, 0.25) is 5.02 Å². The van der Waals surface area contributed by atoms with Crippen molar-refractivity contribution in [3.05, 3.63) is 59.1 Å². The molecular formula is C18H18ClN2NaO5S. The molecule has 144 valence electrons. The molecule has 10 heteroatoms. The summed E-state index contributed by atoms with van der Waals surface area (Å²) in [5, 5.41) is 14.7. The number of carboxylic acids is 1. The molecule has 0 aliphatic rings. The fourth-order valence-corrected chi connectivity index (χ4v) is 3.16. The number of hydrogen-bond acceptors (Lipinski definition) is 5. The Bertz CT molecular complexity index is 949. The van der Waals surface area contributed by atoms with Gasteiger partial charge in [-0.3, -0.25) is 9.52 Å². The maximum atomic E-state index is 12.3. The summed E-state index contributed by atoms with van der Waals surface area (Å²) < 4.78 is 24.7. The van der Waals surface area contributed by atoms with E-state index in [1.807, 2.05) is 0 Å². The van der Waals surface area contributed by atoms with Crippen molar-refractivity contribution in [2.24, 2.45) is 0 Å². The van der Waals surface area contributed by atoms with Gasteiger partial charge in [0.15, 0.2) is 0 Å². The number of benzene rings is 2. The summed E-state index contributed by atoms with van der Waals surface area (Å²) in [6.45, 7) is 1.41. The van der Waals surface area contributed by atoms with Crippen LogP contribution in [0.1, 0.15) is 18.9 Å². The van der Waals surface area contributed by atoms with Crippen LogP contribution in [0.5, 0.6) is 0 Å². The van der Waals surface area contributed by atoms with E-state index in [2.05, 4.69) is 10.0 Å². The average Bonchev–Trinajstić information content (AvgIpc) is 2.55. The van der Waals surface area contributed by atoms with Gasteiger partial charge in [-0.25, -0.2) is 8.42 Å². The van der Waals surface area contributed by atoms with Crippen LogP contribution in [0.15, 0.2) is 48.5 Å². The van der Waals surface area contributed by atoms with E-state index in [-0.39, 0.29) is 36.0 Å². The number of carboxylic acid groups (broad SMARTS) is 1. The Morgan fingerprint density at radius 2 is 1.54 bits per heavy atom. The van der Waals surface area contributed by atoms with Crippen molar-refractivity contribution in [2.75, 3.05) is 16.3 Å². The molecule has 0 saturated heterocycles. The Hall–Kier alpha value is -1.58. The molecule has 1 atom stereocenters. The van der Waals surface area contributed by atoms with Crippen molar-refractivity contribution in [3.8, 4) is 0 Å². The summed E-state index contributed by atoms with van der Waals surface area (Å²) in [4.78, 5) is 24.0. The van der Waals surface area contributed by atoms with Crippen molar-refractivity contribution >= 4 is 44.9 Å². The molecule has 0 aliphatic carbocycles. The minimum absolute atomic E-state index is 0. The van der Waals surface area contributed by atoms with E-state index in [0.717, 1.165) is 6.26 Å². The number of halogens is 1. The molecule has 2 N–H and O–H groups in total. The minimum Gasteiger partial charge on any atom is -0.549 e. The van der Waals surface area contributed by atoms with Crippen LogP contribution in [0.25, 0.3) is 0 Å². The molecule has 0 radical (unpaired) electrons. The number of carbonyl (C=O) groups is 2. The second kappa shape index (κ2) is 9.76. The Balaban J connectivity index is 0.00000392. The number of amides is 1. The van der Waals surface area contributed by atoms with Crippen LogP contribution in [0.4, 0.5) is 11.4 Å². The van der Waals surface area contributed by atoms with Gasteiger partial charge in [-0.15, -0.1) is 0 Å². The molecule has 7 nitrogen and oxygen atoms in total. The zero-order chi connectivity index (χ0) is 20.2. The minimum atomic E-state index is -3.40. The van der Waals surface area contributed by atoms with Crippen molar-refractivity contribution < 1.29 is 52.7 Å². The van der Waals surface area contributed by atoms with Crippen molar-refractivity contribution in [2.45, 2.75) is 18.8 Å². The number of anilines is 2. The van der Waals surface area contributed by atoms with E-state index < -0.39 is 27.3 Å². The normalized spacial score (nSPS) is 13.0. The molecule has 0 aromatic heterocycles. The summed E-state index contributed by atoms with van der Waals surface area (Å²) in [7, 11) is -3.40. The second-order valence-corrected chi connectivity index (χ2v) is 8.49. The number of rotatable bonds is 7. The van der Waals surface area contributed by atoms with Crippen LogP contribution in [-0.4, -0.2) is 26.6 Å². The van der Waals surface area contributed by atoms with E-state index in [9.17, 15) is 23.1 Å². The van der Waals surface area contributed by atoms with Crippen LogP contribution in [-0.2, 0) is 25.0 Å². The first-order chi connectivity index (χ1) is 12.5. The third-order valence-electron chi connectivity index (χ3n) is 3.92. The third kappa shape index (κ3) is 6.79. The molecular weight excluding hydrogens is 415 g/mol. The fraction of sp³-hybridized carbons (Fsp3) is 0.222. The van der Waals surface area contributed by atoms with Crippen LogP contribution in [0.3, 0.4) is 0 Å². The first-order valence-corrected chi connectivity index (χ1v) is 10.1. The molecule has 1 unspecified atom stereocenters. The summed E-state index contributed by atoms with van der Waals surface area (Å²) in [5.41, 5.74) is -0.395. The van der Waals surface area contributed by atoms with Gasteiger partial charge < -0.3 is 15.2 Å². The van der Waals surface area contributed by atoms with Crippen LogP contribution in [0, 0.1) is 0 Å². The third-order valence-corrected chi connectivity index (χ3v) is 4.78. The van der Waals surface area contributed by atoms with Gasteiger partial charge in [0.25, 0.3) is 0 Å². The molecule has 0 fully saturated rings. The Morgan fingerprint density at radius 1 is 1.04 bits per heavy atom. The Kier molecular flexibility index (Phi) is 8.52. The second-order valence-electron chi connectivity index (χ2n) is 6.30. The summed E-state index contributed by atoms with van der Waals surface area (Å²) >= 11 is 5.82. The molecule has 0 aliphatic heterocycles. The van der Waals surface area contributed by atoms with Gasteiger partial charge in [0.1, 0.15) is 0 Å². The maximum absolute atomic E-state index is 12.3. The monoisotopic (exact) mass is 432 g/mol. The zero-order valence-corrected chi connectivity index (χ0v) is 19.2. The van der Waals surface area contributed by atoms with Gasteiger partial charge in [0.2, 0.25) is 15.9 Å². The van der Waals surface area contributed by atoms with Gasteiger partial charge in [-0.05, 0) is 48.9 Å². The molecule has 0 heterocycles. The molecule has 0 spiro atoms. The van der Waals surface area contributed by atoms with Crippen LogP contribution >= 0.6 is 11.6 Å². The van der Waals surface area contributed by atoms with Gasteiger partial charge in [-0.1, -0.05) is 23.7 Å². The number of hydrogen-bond donors (Lipinski definition) is 2. The Labute approximate surface area is 190 Å². The largest absolute Gasteiger partial charge is 1.00 e. The standard InChI is InChI=1S/C18H19ClN2O5S.Na/c1-18(17(23)24,12-3-5-13(19)6-4-12)11-16(22)20-14-7-9-15(10-8-14)21-27(2,25)26;/h3-10,21H,11H2,1-2H3,(H,20,22)(H,23,24);/q;+1/p-1. The predicted molar refractivity (Wildman–Crippen MR) is 102 cm³/mol. The molecule has 2 aromatic rings. The number of nitrogens with one attached hydrogen (secondary N) is 2. The topological polar surface area (TPSA) is 115 Å². The van der Waals surface area contributed by atoms with Crippen molar-refractivity contribution in [3.63, 3.8) is 0 Å². The molecule has 0 bridgehead atoms. The van der Waals surface area contributed by atoms with Gasteiger partial charge in [0.05, 0.1) is 12.2 Å². The SMILES string of the molecule is CC(CC(=O)Nc1ccc(NS(C)(=O)=O)cc1)(C(=O)[O-])c1ccc(Cl)cc1.[Na+]. The van der Waals surface area contributed by atoms with Gasteiger partial charge in [-0.2, -0.15) is 0 Å². The smallest absolute Gasteiger partial charge is 0.549 e. The van der Waals surface area contributed by atoms with E-state index >= 15 is 0 Å². The molecule has 28 heavy (non-hydrogen) atoms. The van der Waals surface area contributed by atoms with E-state index in [0.29, 0.717) is 22.0 Å². The average molecular weight is 433 g/mol. The van der Waals surface area contributed by atoms with Crippen LogP contribution < -0.4 is 44.7 Å². The first kappa shape index (κ1) is 24.5. The molecule has 1 amide bonds. The van der Waals surface area contributed by atoms with Crippen molar-refractivity contribution in [1.82, 2.24) is 0 Å². The summed E-state index contributed by atoms with van der Waals surface area (Å²) in [6, 6.07) is 12.1. The zero-order valence-electron chi connectivity index (χ0n) is 15.7. The summed E-state index contributed by atoms with van der Waals surface area (Å²) in [5.74, 6) is -1.91. The van der Waals surface area contributed by atoms with Gasteiger partial charge in [0, 0.05) is 28.2 Å². The molecule has 2 rings (SSSR count). The summed E-state index contributed by atoms with van der Waals surface area (Å²) in [6.07, 6.45) is 0.681. The predicted octanol–water partition coefficient (Wildman–Crippen LogP) is -1.25. The fourth-order valence-electron chi connectivity index (χ4n) is 2.47. The number of sulfonamides is 1. The van der Waals surface area contributed by atoms with E-state index in [4.69, 9.17) is 11.6 Å². The number of aliphatic carboxylic acids is 1. The van der Waals surface area contributed by atoms with E-state index in [1.165, 1.54) is 43.3 Å². The Morgan fingerprint density at radius 3 is 2.00 bits per heavy atom. The quantitative estimate of drug-likeness (QED) is 0.530. The molecule has 0 saturated carbocycles. The van der Waals surface area contributed by atoms with E-state index in [1.54, 1.807) is 12.1 Å². The number of carbonyl (C=O) groups excluding carboxylic acids is 2. The molecule has 2 aromatic carbocycles. The van der Waals surface area contributed by atoms with Gasteiger partial charge >= 0.3 is 29.6 Å². The maximum Gasteiger partial charge on any atom is 1.00 e. The first-order valence-electron chi connectivity index (χ1n) is 7.85.